The Balaban J connectivity index is 1.90. The van der Waals surface area contributed by atoms with Crippen molar-refractivity contribution in [1.29, 1.82) is 0 Å². The Hall–Kier alpha value is -1.59. The lowest BCUT2D eigenvalue weighted by atomic mass is 10.2. The summed E-state index contributed by atoms with van der Waals surface area (Å²) >= 11 is 0. The second-order valence-corrected chi connectivity index (χ2v) is 6.43. The number of hydrogen-bond donors (Lipinski definition) is 0. The maximum atomic E-state index is 11.1. The standard InChI is InChI=1S/C13H12ClNO3S/c14-19(16,17)13-5-3-12(4-6-13)18-9-7-11-2-1-8-15-10-11/h1-6,8,10H,7,9H2. The van der Waals surface area contributed by atoms with E-state index in [4.69, 9.17) is 15.4 Å². The van der Waals surface area contributed by atoms with Gasteiger partial charge in [-0.25, -0.2) is 8.42 Å². The summed E-state index contributed by atoms with van der Waals surface area (Å²) in [4.78, 5) is 4.08. The van der Waals surface area contributed by atoms with E-state index in [2.05, 4.69) is 4.98 Å². The van der Waals surface area contributed by atoms with Gasteiger partial charge in [-0.3, -0.25) is 4.98 Å². The molecule has 1 heterocycles. The maximum Gasteiger partial charge on any atom is 0.261 e. The number of nitrogens with zero attached hydrogens (tertiary/aromatic N) is 1. The van der Waals surface area contributed by atoms with Crippen LogP contribution in [-0.4, -0.2) is 20.0 Å². The SMILES string of the molecule is O=S(=O)(Cl)c1ccc(OCCc2cccnc2)cc1. The molecule has 0 spiro atoms. The maximum absolute atomic E-state index is 11.1. The molecule has 0 saturated carbocycles. The lowest BCUT2D eigenvalue weighted by Gasteiger charge is -2.06. The van der Waals surface area contributed by atoms with Crippen LogP contribution < -0.4 is 4.74 Å². The molecule has 0 aliphatic rings. The molecular formula is C13H12ClNO3S. The van der Waals surface area contributed by atoms with Crippen molar-refractivity contribution in [1.82, 2.24) is 4.98 Å². The molecule has 0 saturated heterocycles. The Morgan fingerprint density at radius 2 is 1.89 bits per heavy atom. The van der Waals surface area contributed by atoms with Crippen molar-refractivity contribution in [2.75, 3.05) is 6.61 Å². The molecule has 0 atom stereocenters. The molecule has 2 aromatic rings. The van der Waals surface area contributed by atoms with Crippen LogP contribution in [0.5, 0.6) is 5.75 Å². The summed E-state index contributed by atoms with van der Waals surface area (Å²) in [5.74, 6) is 0.605. The van der Waals surface area contributed by atoms with Crippen molar-refractivity contribution in [2.45, 2.75) is 11.3 Å². The van der Waals surface area contributed by atoms with Gasteiger partial charge in [-0.05, 0) is 35.9 Å². The fourth-order valence-electron chi connectivity index (χ4n) is 1.53. The van der Waals surface area contributed by atoms with Crippen LogP contribution in [0.4, 0.5) is 0 Å². The van der Waals surface area contributed by atoms with Crippen LogP contribution in [-0.2, 0) is 15.5 Å². The molecule has 19 heavy (non-hydrogen) atoms. The van der Waals surface area contributed by atoms with Gasteiger partial charge < -0.3 is 4.74 Å². The number of aromatic nitrogens is 1. The average molecular weight is 298 g/mol. The topological polar surface area (TPSA) is 56.3 Å². The Kier molecular flexibility index (Phi) is 4.39. The Morgan fingerprint density at radius 3 is 2.47 bits per heavy atom. The zero-order chi connectivity index (χ0) is 13.7. The normalized spacial score (nSPS) is 11.2. The molecule has 0 aliphatic carbocycles. The molecule has 100 valence electrons. The van der Waals surface area contributed by atoms with Crippen LogP contribution in [0.25, 0.3) is 0 Å². The van der Waals surface area contributed by atoms with E-state index in [9.17, 15) is 8.42 Å². The van der Waals surface area contributed by atoms with E-state index in [-0.39, 0.29) is 4.90 Å². The van der Waals surface area contributed by atoms with Crippen LogP contribution in [0, 0.1) is 0 Å². The quantitative estimate of drug-likeness (QED) is 0.796. The van der Waals surface area contributed by atoms with Gasteiger partial charge in [0.2, 0.25) is 0 Å². The summed E-state index contributed by atoms with van der Waals surface area (Å²) in [6.07, 6.45) is 4.24. The van der Waals surface area contributed by atoms with Crippen molar-refractivity contribution >= 4 is 19.7 Å². The van der Waals surface area contributed by atoms with Crippen LogP contribution in [0.1, 0.15) is 5.56 Å². The van der Waals surface area contributed by atoms with E-state index in [1.165, 1.54) is 12.1 Å². The van der Waals surface area contributed by atoms with Crippen molar-refractivity contribution in [3.8, 4) is 5.75 Å². The van der Waals surface area contributed by atoms with Gasteiger partial charge in [0.25, 0.3) is 9.05 Å². The smallest absolute Gasteiger partial charge is 0.261 e. The van der Waals surface area contributed by atoms with Gasteiger partial charge in [-0.15, -0.1) is 0 Å². The van der Waals surface area contributed by atoms with Gasteiger partial charge in [0.1, 0.15) is 5.75 Å². The Bertz CT molecular complexity index is 627. The minimum atomic E-state index is -3.67. The van der Waals surface area contributed by atoms with E-state index in [0.717, 1.165) is 12.0 Å². The molecule has 0 unspecified atom stereocenters. The van der Waals surface area contributed by atoms with Crippen LogP contribution >= 0.6 is 10.7 Å². The van der Waals surface area contributed by atoms with Gasteiger partial charge in [0.05, 0.1) is 11.5 Å². The second-order valence-electron chi connectivity index (χ2n) is 3.87. The third-order valence-corrected chi connectivity index (χ3v) is 3.86. The van der Waals surface area contributed by atoms with Gasteiger partial charge in [0.15, 0.2) is 0 Å². The molecule has 2 rings (SSSR count). The fraction of sp³-hybridized carbons (Fsp3) is 0.154. The molecule has 0 amide bonds. The zero-order valence-corrected chi connectivity index (χ0v) is 11.6. The zero-order valence-electron chi connectivity index (χ0n) is 9.99. The van der Waals surface area contributed by atoms with E-state index in [1.54, 1.807) is 24.5 Å². The molecule has 0 bridgehead atoms. The molecule has 0 fully saturated rings. The number of benzene rings is 1. The third kappa shape index (κ3) is 4.22. The van der Waals surface area contributed by atoms with Gasteiger partial charge in [0, 0.05) is 29.5 Å². The second kappa shape index (κ2) is 6.04. The monoisotopic (exact) mass is 297 g/mol. The number of rotatable bonds is 5. The minimum absolute atomic E-state index is 0.0637. The van der Waals surface area contributed by atoms with Crippen LogP contribution in [0.15, 0.2) is 53.7 Å². The summed E-state index contributed by atoms with van der Waals surface area (Å²) in [6, 6.07) is 9.84. The predicted molar refractivity (Wildman–Crippen MR) is 72.9 cm³/mol. The highest BCUT2D eigenvalue weighted by Gasteiger charge is 2.09. The predicted octanol–water partition coefficient (Wildman–Crippen LogP) is 2.63. The molecule has 1 aromatic heterocycles. The van der Waals surface area contributed by atoms with E-state index < -0.39 is 9.05 Å². The molecule has 0 aliphatic heterocycles. The summed E-state index contributed by atoms with van der Waals surface area (Å²) in [7, 11) is 1.55. The number of ether oxygens (including phenoxy) is 1. The van der Waals surface area contributed by atoms with Gasteiger partial charge in [-0.2, -0.15) is 0 Å². The third-order valence-electron chi connectivity index (χ3n) is 2.49. The highest BCUT2D eigenvalue weighted by molar-refractivity contribution is 8.13. The van der Waals surface area contributed by atoms with Crippen molar-refractivity contribution < 1.29 is 13.2 Å². The first kappa shape index (κ1) is 13.8. The minimum Gasteiger partial charge on any atom is -0.493 e. The van der Waals surface area contributed by atoms with Crippen molar-refractivity contribution in [3.63, 3.8) is 0 Å². The highest BCUT2D eigenvalue weighted by Crippen LogP contribution is 2.19. The lowest BCUT2D eigenvalue weighted by Crippen LogP contribution is -2.01. The molecule has 0 N–H and O–H groups in total. The molecule has 6 heteroatoms. The van der Waals surface area contributed by atoms with Crippen molar-refractivity contribution in [3.05, 3.63) is 54.4 Å². The first-order valence-corrected chi connectivity index (χ1v) is 7.93. The summed E-state index contributed by atoms with van der Waals surface area (Å²) in [5, 5.41) is 0. The molecule has 0 radical (unpaired) electrons. The Labute approximate surface area is 116 Å². The largest absolute Gasteiger partial charge is 0.493 e. The Morgan fingerprint density at radius 1 is 1.16 bits per heavy atom. The fourth-order valence-corrected chi connectivity index (χ4v) is 2.30. The summed E-state index contributed by atoms with van der Waals surface area (Å²) < 4.78 is 27.6. The van der Waals surface area contributed by atoms with Crippen LogP contribution in [0.2, 0.25) is 0 Å². The van der Waals surface area contributed by atoms with E-state index >= 15 is 0 Å². The number of pyridine rings is 1. The number of halogens is 1. The van der Waals surface area contributed by atoms with Crippen LogP contribution in [0.3, 0.4) is 0 Å². The molecule has 1 aromatic carbocycles. The highest BCUT2D eigenvalue weighted by atomic mass is 35.7. The molecule has 4 nitrogen and oxygen atoms in total. The number of hydrogen-bond acceptors (Lipinski definition) is 4. The lowest BCUT2D eigenvalue weighted by molar-refractivity contribution is 0.321. The average Bonchev–Trinajstić information content (AvgIpc) is 2.39. The van der Waals surface area contributed by atoms with Crippen molar-refractivity contribution in [2.24, 2.45) is 0 Å². The first-order chi connectivity index (χ1) is 9.05. The van der Waals surface area contributed by atoms with Gasteiger partial charge >= 0.3 is 0 Å². The summed E-state index contributed by atoms with van der Waals surface area (Å²) in [5.41, 5.74) is 1.09. The first-order valence-electron chi connectivity index (χ1n) is 5.62. The van der Waals surface area contributed by atoms with E-state index in [0.29, 0.717) is 12.4 Å². The summed E-state index contributed by atoms with van der Waals surface area (Å²) in [6.45, 7) is 0.499. The molecular weight excluding hydrogens is 286 g/mol. The van der Waals surface area contributed by atoms with E-state index in [1.807, 2.05) is 12.1 Å². The van der Waals surface area contributed by atoms with Gasteiger partial charge in [-0.1, -0.05) is 6.07 Å².